The monoisotopic (exact) mass is 570 g/mol. The van der Waals surface area contributed by atoms with E-state index in [1.165, 1.54) is 4.57 Å². The van der Waals surface area contributed by atoms with E-state index in [-0.39, 0.29) is 23.0 Å². The maximum atomic E-state index is 13.6. The minimum Gasteiger partial charge on any atom is -0.378 e. The first-order valence-electron chi connectivity index (χ1n) is 14.4. The van der Waals surface area contributed by atoms with Crippen molar-refractivity contribution < 1.29 is 4.74 Å². The smallest absolute Gasteiger partial charge is 0.331 e. The Labute approximate surface area is 241 Å². The zero-order chi connectivity index (χ0) is 29.3. The minimum atomic E-state index is -0.288. The van der Waals surface area contributed by atoms with Crippen LogP contribution in [0, 0.1) is 6.92 Å². The lowest BCUT2D eigenvalue weighted by atomic mass is 10.0. The number of aromatic nitrogens is 6. The molecule has 2 aliphatic heterocycles. The Balaban J connectivity index is 1.30. The van der Waals surface area contributed by atoms with Crippen molar-refractivity contribution in [3.05, 3.63) is 67.2 Å². The first-order valence-corrected chi connectivity index (χ1v) is 14.4. The summed E-state index contributed by atoms with van der Waals surface area (Å²) in [6.07, 6.45) is 1.24. The van der Waals surface area contributed by atoms with Crippen LogP contribution in [0.1, 0.15) is 24.4 Å². The second-order valence-electron chi connectivity index (χ2n) is 11.5. The molecule has 0 amide bonds. The fraction of sp³-hybridized carbons (Fsp3) is 0.433. The lowest BCUT2D eigenvalue weighted by Gasteiger charge is -2.35. The molecule has 218 valence electrons. The number of anilines is 2. The second kappa shape index (κ2) is 9.83. The van der Waals surface area contributed by atoms with Gasteiger partial charge in [-0.2, -0.15) is 4.98 Å². The van der Waals surface area contributed by atoms with Crippen LogP contribution in [0.25, 0.3) is 32.8 Å². The van der Waals surface area contributed by atoms with Crippen LogP contribution in [0.15, 0.2) is 44.7 Å². The maximum Gasteiger partial charge on any atom is 0.331 e. The molecular formula is C30H34N8O4. The van der Waals surface area contributed by atoms with Gasteiger partial charge in [0.2, 0.25) is 5.95 Å². The molecule has 5 heterocycles. The summed E-state index contributed by atoms with van der Waals surface area (Å²) >= 11 is 0. The van der Waals surface area contributed by atoms with Crippen molar-refractivity contribution >= 4 is 44.6 Å². The van der Waals surface area contributed by atoms with E-state index < -0.39 is 0 Å². The Bertz CT molecular complexity index is 2060. The summed E-state index contributed by atoms with van der Waals surface area (Å²) in [5.41, 5.74) is 3.41. The molecule has 0 saturated carbocycles. The Kier molecular flexibility index (Phi) is 6.19. The Morgan fingerprint density at radius 2 is 1.40 bits per heavy atom. The van der Waals surface area contributed by atoms with E-state index in [1.807, 2.05) is 37.3 Å². The number of ether oxygens (including phenoxy) is 1. The van der Waals surface area contributed by atoms with Gasteiger partial charge in [-0.25, -0.2) is 14.6 Å². The molecule has 7 rings (SSSR count). The van der Waals surface area contributed by atoms with Gasteiger partial charge in [0.05, 0.1) is 40.7 Å². The van der Waals surface area contributed by atoms with E-state index in [4.69, 9.17) is 14.7 Å². The molecule has 0 radical (unpaired) electrons. The van der Waals surface area contributed by atoms with E-state index in [2.05, 4.69) is 9.80 Å². The summed E-state index contributed by atoms with van der Waals surface area (Å²) < 4.78 is 11.9. The molecule has 0 atom stereocenters. The van der Waals surface area contributed by atoms with Gasteiger partial charge in [0.1, 0.15) is 5.82 Å². The number of aryl methyl sites for hydroxylation is 4. The fourth-order valence-electron chi connectivity index (χ4n) is 6.49. The molecule has 0 bridgehead atoms. The summed E-state index contributed by atoms with van der Waals surface area (Å²) in [6.45, 7) is 5.82. The molecule has 0 spiro atoms. The van der Waals surface area contributed by atoms with Crippen LogP contribution in [0.5, 0.6) is 0 Å². The average molecular weight is 571 g/mol. The van der Waals surface area contributed by atoms with Crippen molar-refractivity contribution in [2.24, 2.45) is 21.1 Å². The van der Waals surface area contributed by atoms with Crippen molar-refractivity contribution in [1.29, 1.82) is 0 Å². The number of hydrogen-bond acceptors (Lipinski definition) is 8. The maximum absolute atomic E-state index is 13.6. The van der Waals surface area contributed by atoms with Crippen molar-refractivity contribution in [3.63, 3.8) is 0 Å². The van der Waals surface area contributed by atoms with Crippen molar-refractivity contribution in [2.45, 2.75) is 25.8 Å². The van der Waals surface area contributed by atoms with E-state index in [0.29, 0.717) is 69.1 Å². The molecule has 2 aliphatic rings. The molecule has 2 fully saturated rings. The number of benzene rings is 2. The number of fused-ring (bicyclic) bond motifs is 3. The van der Waals surface area contributed by atoms with E-state index >= 15 is 0 Å². The molecule has 0 aliphatic carbocycles. The average Bonchev–Trinajstić information content (AvgIpc) is 3.22. The van der Waals surface area contributed by atoms with Crippen LogP contribution in [0.3, 0.4) is 0 Å². The van der Waals surface area contributed by atoms with Crippen molar-refractivity contribution in [3.8, 4) is 0 Å². The summed E-state index contributed by atoms with van der Waals surface area (Å²) in [4.78, 5) is 54.0. The number of imidazole rings is 1. The van der Waals surface area contributed by atoms with E-state index in [9.17, 15) is 14.4 Å². The molecule has 0 unspecified atom stereocenters. The summed E-state index contributed by atoms with van der Waals surface area (Å²) in [7, 11) is 5.27. The third kappa shape index (κ3) is 4.04. The zero-order valence-corrected chi connectivity index (χ0v) is 24.3. The Morgan fingerprint density at radius 1 is 0.738 bits per heavy atom. The normalized spacial score (nSPS) is 16.8. The molecule has 2 saturated heterocycles. The second-order valence-corrected chi connectivity index (χ2v) is 11.5. The molecule has 42 heavy (non-hydrogen) atoms. The zero-order valence-electron chi connectivity index (χ0n) is 24.3. The largest absolute Gasteiger partial charge is 0.378 e. The molecule has 12 heteroatoms. The SMILES string of the molecule is Cc1ccc2c(c1)c(=O)n(C1CCN(c3nc(N4CCOCC4)nc4cc5c(cc34)n(C)c(=O)n5C)CC1)c(=O)n2C. The van der Waals surface area contributed by atoms with Crippen LogP contribution >= 0.6 is 0 Å². The highest BCUT2D eigenvalue weighted by atomic mass is 16.5. The molecule has 0 N–H and O–H groups in total. The van der Waals surface area contributed by atoms with Crippen molar-refractivity contribution in [2.75, 3.05) is 49.2 Å². The predicted octanol–water partition coefficient (Wildman–Crippen LogP) is 1.82. The molecule has 12 nitrogen and oxygen atoms in total. The third-order valence-corrected chi connectivity index (χ3v) is 8.94. The molecular weight excluding hydrogens is 536 g/mol. The van der Waals surface area contributed by atoms with Crippen LogP contribution in [0.4, 0.5) is 11.8 Å². The van der Waals surface area contributed by atoms with Gasteiger partial charge in [0.15, 0.2) is 0 Å². The van der Waals surface area contributed by atoms with Gasteiger partial charge < -0.3 is 14.5 Å². The molecule has 2 aromatic carbocycles. The fourth-order valence-corrected chi connectivity index (χ4v) is 6.49. The van der Waals surface area contributed by atoms with Gasteiger partial charge in [-0.1, -0.05) is 11.6 Å². The number of piperidine rings is 1. The summed E-state index contributed by atoms with van der Waals surface area (Å²) in [6, 6.07) is 9.37. The van der Waals surface area contributed by atoms with Crippen LogP contribution in [-0.4, -0.2) is 67.6 Å². The number of rotatable bonds is 3. The lowest BCUT2D eigenvalue weighted by Crippen LogP contribution is -2.45. The minimum absolute atomic E-state index is 0.0957. The topological polar surface area (TPSA) is 112 Å². The van der Waals surface area contributed by atoms with Crippen molar-refractivity contribution in [1.82, 2.24) is 28.2 Å². The van der Waals surface area contributed by atoms with Gasteiger partial charge in [-0.05, 0) is 44.0 Å². The molecule has 3 aromatic heterocycles. The Morgan fingerprint density at radius 3 is 2.12 bits per heavy atom. The highest BCUT2D eigenvalue weighted by molar-refractivity contribution is 5.99. The summed E-state index contributed by atoms with van der Waals surface area (Å²) in [5, 5.41) is 1.43. The van der Waals surface area contributed by atoms with E-state index in [1.54, 1.807) is 34.8 Å². The van der Waals surface area contributed by atoms with Gasteiger partial charge in [-0.15, -0.1) is 0 Å². The van der Waals surface area contributed by atoms with Gasteiger partial charge in [0.25, 0.3) is 5.56 Å². The standard InChI is InChI=1S/C30H34N8O4/c1-18-5-6-23-21(15-18)27(39)38(30(41)33(23)2)19-7-9-36(10-8-19)26-20-16-24-25(35(4)29(40)34(24)3)17-22(20)31-28(32-26)37-11-13-42-14-12-37/h5-6,15-17,19H,7-14H2,1-4H3. The predicted molar refractivity (Wildman–Crippen MR) is 163 cm³/mol. The highest BCUT2D eigenvalue weighted by Crippen LogP contribution is 2.33. The van der Waals surface area contributed by atoms with Crippen LogP contribution in [-0.2, 0) is 25.9 Å². The first kappa shape index (κ1) is 26.4. The lowest BCUT2D eigenvalue weighted by molar-refractivity contribution is 0.122. The van der Waals surface area contributed by atoms with Crippen LogP contribution in [0.2, 0.25) is 0 Å². The summed E-state index contributed by atoms with van der Waals surface area (Å²) in [5.74, 6) is 1.44. The molecule has 5 aromatic rings. The van der Waals surface area contributed by atoms with Gasteiger partial charge in [0, 0.05) is 58.8 Å². The van der Waals surface area contributed by atoms with Gasteiger partial charge >= 0.3 is 11.4 Å². The number of morpholine rings is 1. The first-order chi connectivity index (χ1) is 20.2. The van der Waals surface area contributed by atoms with Crippen LogP contribution < -0.4 is 26.7 Å². The quantitative estimate of drug-likeness (QED) is 0.323. The number of hydrogen-bond donors (Lipinski definition) is 0. The van der Waals surface area contributed by atoms with E-state index in [0.717, 1.165) is 33.3 Å². The number of nitrogens with zero attached hydrogens (tertiary/aromatic N) is 8. The third-order valence-electron chi connectivity index (χ3n) is 8.94. The van der Waals surface area contributed by atoms with Gasteiger partial charge in [-0.3, -0.25) is 23.1 Å². The highest BCUT2D eigenvalue weighted by Gasteiger charge is 2.28. The Hall–Kier alpha value is -4.45.